The van der Waals surface area contributed by atoms with Gasteiger partial charge in [-0.2, -0.15) is 0 Å². The predicted octanol–water partition coefficient (Wildman–Crippen LogP) is 2.38. The number of hydrogen-bond donors (Lipinski definition) is 2. The molecule has 2 heterocycles. The van der Waals surface area contributed by atoms with E-state index in [1.807, 2.05) is 18.9 Å². The third kappa shape index (κ3) is 3.22. The van der Waals surface area contributed by atoms with Crippen LogP contribution in [0.15, 0.2) is 33.9 Å². The minimum absolute atomic E-state index is 0.0560. The summed E-state index contributed by atoms with van der Waals surface area (Å²) in [6, 6.07) is 5.06. The van der Waals surface area contributed by atoms with Gasteiger partial charge in [0.15, 0.2) is 5.84 Å². The molecule has 0 aliphatic carbocycles. The highest BCUT2D eigenvalue weighted by Crippen LogP contribution is 2.26. The molecular weight excluding hydrogens is 377 g/mol. The molecule has 2 aromatic rings. The first-order chi connectivity index (χ1) is 11.5. The molecule has 1 aromatic carbocycles. The van der Waals surface area contributed by atoms with Gasteiger partial charge in [-0.05, 0) is 32.0 Å². The molecule has 0 saturated carbocycles. The molecule has 1 aliphatic heterocycles. The average molecular weight is 396 g/mol. The molecule has 0 fully saturated rings. The number of halogens is 2. The second kappa shape index (κ2) is 7.00. The number of benzene rings is 1. The van der Waals surface area contributed by atoms with Gasteiger partial charge in [0.1, 0.15) is 24.0 Å². The first kappa shape index (κ1) is 17.1. The smallest absolute Gasteiger partial charge is 0.167 e. The molecule has 0 spiro atoms. The Kier molecular flexibility index (Phi) is 4.98. The third-order valence-electron chi connectivity index (χ3n) is 3.73. The maximum absolute atomic E-state index is 14.3. The van der Waals surface area contributed by atoms with E-state index >= 15 is 0 Å². The number of aliphatic hydroxyl groups excluding tert-OH is 1. The van der Waals surface area contributed by atoms with E-state index in [4.69, 9.17) is 0 Å². The van der Waals surface area contributed by atoms with E-state index < -0.39 is 0 Å². The zero-order valence-corrected chi connectivity index (χ0v) is 15.1. The fraction of sp³-hybridized carbons (Fsp3) is 0.375. The Labute approximate surface area is 148 Å². The van der Waals surface area contributed by atoms with E-state index in [0.29, 0.717) is 34.8 Å². The van der Waals surface area contributed by atoms with E-state index in [9.17, 15) is 9.50 Å². The maximum Gasteiger partial charge on any atom is 0.167 e. The Morgan fingerprint density at radius 3 is 2.88 bits per heavy atom. The summed E-state index contributed by atoms with van der Waals surface area (Å²) >= 11 is 3.26. The second-order valence-electron chi connectivity index (χ2n) is 5.75. The molecule has 0 saturated heterocycles. The number of rotatable bonds is 5. The summed E-state index contributed by atoms with van der Waals surface area (Å²) in [5, 5.41) is 11.3. The van der Waals surface area contributed by atoms with Crippen LogP contribution in [0.2, 0.25) is 0 Å². The highest BCUT2D eigenvalue weighted by molar-refractivity contribution is 9.10. The van der Waals surface area contributed by atoms with Crippen LogP contribution in [0.3, 0.4) is 0 Å². The van der Waals surface area contributed by atoms with Gasteiger partial charge in [-0.15, -0.1) is 0 Å². The van der Waals surface area contributed by atoms with Crippen LogP contribution in [-0.2, 0) is 6.54 Å². The van der Waals surface area contributed by atoms with Crippen LogP contribution in [0.25, 0.3) is 11.4 Å². The van der Waals surface area contributed by atoms with Crippen LogP contribution in [0.1, 0.15) is 19.5 Å². The SMILES string of the molecule is CC(C)N1NCN=C1c1cn(CCO)c(-c2ccc(Br)cc2F)n1. The summed E-state index contributed by atoms with van der Waals surface area (Å²) < 4.78 is 16.8. The highest BCUT2D eigenvalue weighted by Gasteiger charge is 2.25. The molecular formula is C16H19BrFN5O. The lowest BCUT2D eigenvalue weighted by Crippen LogP contribution is -2.42. The lowest BCUT2D eigenvalue weighted by atomic mass is 10.2. The molecule has 0 bridgehead atoms. The van der Waals surface area contributed by atoms with Crippen molar-refractivity contribution in [2.75, 3.05) is 13.3 Å². The Morgan fingerprint density at radius 1 is 1.42 bits per heavy atom. The van der Waals surface area contributed by atoms with Crippen LogP contribution in [-0.4, -0.2) is 44.8 Å². The van der Waals surface area contributed by atoms with Crippen molar-refractivity contribution >= 4 is 21.8 Å². The molecule has 128 valence electrons. The minimum Gasteiger partial charge on any atom is -0.395 e. The molecule has 0 unspecified atom stereocenters. The van der Waals surface area contributed by atoms with Gasteiger partial charge in [0.2, 0.25) is 0 Å². The van der Waals surface area contributed by atoms with Gasteiger partial charge in [-0.1, -0.05) is 15.9 Å². The molecule has 24 heavy (non-hydrogen) atoms. The first-order valence-corrected chi connectivity index (χ1v) is 8.51. The molecule has 2 N–H and O–H groups in total. The van der Waals surface area contributed by atoms with Crippen molar-refractivity contribution in [2.45, 2.75) is 26.4 Å². The summed E-state index contributed by atoms with van der Waals surface area (Å²) in [7, 11) is 0. The van der Waals surface area contributed by atoms with Crippen molar-refractivity contribution in [3.05, 3.63) is 40.4 Å². The fourth-order valence-corrected chi connectivity index (χ4v) is 2.99. The number of aliphatic hydroxyl groups is 1. The standard InChI is InChI=1S/C16H19BrFN5O/c1-10(2)23-16(19-9-20-23)14-8-22(5-6-24)15(21-14)12-4-3-11(17)7-13(12)18/h3-4,7-8,10,20,24H,5-6,9H2,1-2H3. The van der Waals surface area contributed by atoms with E-state index in [0.717, 1.165) is 5.84 Å². The molecule has 1 aliphatic rings. The third-order valence-corrected chi connectivity index (χ3v) is 4.23. The summed E-state index contributed by atoms with van der Waals surface area (Å²) in [5.74, 6) is 0.829. The molecule has 0 atom stereocenters. The number of imidazole rings is 1. The van der Waals surface area contributed by atoms with Crippen LogP contribution in [0.4, 0.5) is 4.39 Å². The van der Waals surface area contributed by atoms with Crippen molar-refractivity contribution in [3.8, 4) is 11.4 Å². The number of amidine groups is 1. The largest absolute Gasteiger partial charge is 0.395 e. The lowest BCUT2D eigenvalue weighted by molar-refractivity contribution is 0.276. The summed E-state index contributed by atoms with van der Waals surface area (Å²) in [4.78, 5) is 9.03. The topological polar surface area (TPSA) is 65.7 Å². The Bertz CT molecular complexity index is 774. The molecule has 3 rings (SSSR count). The zero-order chi connectivity index (χ0) is 17.3. The number of nitrogens with zero attached hydrogens (tertiary/aromatic N) is 4. The normalized spacial score (nSPS) is 14.6. The Hall–Kier alpha value is -1.77. The van der Waals surface area contributed by atoms with Crippen LogP contribution < -0.4 is 5.43 Å². The number of aromatic nitrogens is 2. The molecule has 6 nitrogen and oxygen atoms in total. The van der Waals surface area contributed by atoms with Crippen molar-refractivity contribution in [1.29, 1.82) is 0 Å². The van der Waals surface area contributed by atoms with Gasteiger partial charge in [0.05, 0.1) is 12.2 Å². The van der Waals surface area contributed by atoms with Gasteiger partial charge >= 0.3 is 0 Å². The fourth-order valence-electron chi connectivity index (χ4n) is 2.66. The summed E-state index contributed by atoms with van der Waals surface area (Å²) in [6.45, 7) is 4.86. The second-order valence-corrected chi connectivity index (χ2v) is 6.67. The van der Waals surface area contributed by atoms with E-state index in [1.54, 1.807) is 22.9 Å². The molecule has 0 radical (unpaired) electrons. The summed E-state index contributed by atoms with van der Waals surface area (Å²) in [6.07, 6.45) is 1.80. The van der Waals surface area contributed by atoms with Crippen LogP contribution >= 0.6 is 15.9 Å². The predicted molar refractivity (Wildman–Crippen MR) is 93.9 cm³/mol. The van der Waals surface area contributed by atoms with E-state index in [2.05, 4.69) is 31.3 Å². The van der Waals surface area contributed by atoms with Gasteiger partial charge in [-0.3, -0.25) is 5.01 Å². The van der Waals surface area contributed by atoms with Gasteiger partial charge in [0.25, 0.3) is 0 Å². The highest BCUT2D eigenvalue weighted by atomic mass is 79.9. The molecule has 8 heteroatoms. The van der Waals surface area contributed by atoms with E-state index in [-0.39, 0.29) is 18.5 Å². The first-order valence-electron chi connectivity index (χ1n) is 7.72. The molecule has 0 amide bonds. The van der Waals surface area contributed by atoms with Crippen molar-refractivity contribution in [3.63, 3.8) is 0 Å². The van der Waals surface area contributed by atoms with Crippen molar-refractivity contribution in [1.82, 2.24) is 20.0 Å². The number of hydrazine groups is 1. The van der Waals surface area contributed by atoms with Crippen molar-refractivity contribution < 1.29 is 9.50 Å². The maximum atomic E-state index is 14.3. The van der Waals surface area contributed by atoms with Gasteiger partial charge in [0, 0.05) is 23.3 Å². The van der Waals surface area contributed by atoms with Crippen LogP contribution in [0.5, 0.6) is 0 Å². The quantitative estimate of drug-likeness (QED) is 0.815. The van der Waals surface area contributed by atoms with Crippen LogP contribution in [0, 0.1) is 5.82 Å². The monoisotopic (exact) mass is 395 g/mol. The number of nitrogens with one attached hydrogen (secondary N) is 1. The minimum atomic E-state index is -0.368. The van der Waals surface area contributed by atoms with Gasteiger partial charge < -0.3 is 9.67 Å². The van der Waals surface area contributed by atoms with E-state index in [1.165, 1.54) is 6.07 Å². The van der Waals surface area contributed by atoms with Gasteiger partial charge in [-0.25, -0.2) is 19.8 Å². The molecule has 1 aromatic heterocycles. The average Bonchev–Trinajstić information content (AvgIpc) is 3.14. The lowest BCUT2D eigenvalue weighted by Gasteiger charge is -2.23. The Balaban J connectivity index is 2.05. The summed E-state index contributed by atoms with van der Waals surface area (Å²) in [5.41, 5.74) is 4.22. The Morgan fingerprint density at radius 2 is 2.21 bits per heavy atom. The zero-order valence-electron chi connectivity index (χ0n) is 13.5. The number of hydrogen-bond acceptors (Lipinski definition) is 5. The number of aliphatic imine (C=N–C) groups is 1. The van der Waals surface area contributed by atoms with Crippen molar-refractivity contribution in [2.24, 2.45) is 4.99 Å².